The number of ether oxygens (including phenoxy) is 6. The van der Waals surface area contributed by atoms with Crippen molar-refractivity contribution in [2.24, 2.45) is 0 Å². The smallest absolute Gasteiger partial charge is 0.306 e. The second-order valence-corrected chi connectivity index (χ2v) is 21.5. The zero-order valence-electron chi connectivity index (χ0n) is 46.6. The SMILES string of the molecule is CCCCCCCCC/C=C\CCCCCCCC(=O)OC(COC(=O)CCCCCCCCCCCCCCCCCCCCCCCC)COC1OC(COC2OC(CO)C(O)C(O)C2O)C(O)C(O)C1O. The van der Waals surface area contributed by atoms with Crippen LogP contribution in [0.3, 0.4) is 0 Å². The molecule has 2 aliphatic rings. The molecule has 7 N–H and O–H groups in total. The Bertz CT molecular complexity index is 1340. The molecular weight excluding hydrogens is 949 g/mol. The minimum absolute atomic E-state index is 0.160. The topological polar surface area (TPSA) is 231 Å². The Morgan fingerprint density at radius 3 is 1.19 bits per heavy atom. The lowest BCUT2D eigenvalue weighted by Crippen LogP contribution is -2.61. The van der Waals surface area contributed by atoms with Crippen LogP contribution in [-0.4, -0.2) is 142 Å². The summed E-state index contributed by atoms with van der Waals surface area (Å²) >= 11 is 0. The molecule has 15 heteroatoms. The van der Waals surface area contributed by atoms with Crippen LogP contribution in [0.1, 0.15) is 258 Å². The Kier molecular flexibility index (Phi) is 42.7. The normalized spacial score (nSPS) is 24.7. The number of allylic oxidation sites excluding steroid dienone is 2. The Hall–Kier alpha value is -1.76. The number of esters is 2. The van der Waals surface area contributed by atoms with Gasteiger partial charge in [0.15, 0.2) is 18.7 Å². The van der Waals surface area contributed by atoms with E-state index in [0.29, 0.717) is 12.8 Å². The lowest BCUT2D eigenvalue weighted by molar-refractivity contribution is -0.332. The van der Waals surface area contributed by atoms with E-state index < -0.39 is 92.7 Å². The molecule has 0 spiro atoms. The van der Waals surface area contributed by atoms with Gasteiger partial charge in [-0.05, 0) is 38.5 Å². The summed E-state index contributed by atoms with van der Waals surface area (Å²) in [6.45, 7) is 2.64. The van der Waals surface area contributed by atoms with Gasteiger partial charge in [-0.3, -0.25) is 9.59 Å². The highest BCUT2D eigenvalue weighted by atomic mass is 16.7. The monoisotopic (exact) mass is 1060 g/mol. The molecule has 2 heterocycles. The first-order valence-corrected chi connectivity index (χ1v) is 30.3. The maximum atomic E-state index is 13.1. The average molecular weight is 1060 g/mol. The van der Waals surface area contributed by atoms with Crippen LogP contribution in [0.25, 0.3) is 0 Å². The van der Waals surface area contributed by atoms with Gasteiger partial charge in [0.2, 0.25) is 0 Å². The summed E-state index contributed by atoms with van der Waals surface area (Å²) in [6.07, 6.45) is 32.4. The number of hydrogen-bond donors (Lipinski definition) is 7. The van der Waals surface area contributed by atoms with Gasteiger partial charge in [-0.25, -0.2) is 0 Å². The molecule has 2 fully saturated rings. The minimum atomic E-state index is -1.76. The van der Waals surface area contributed by atoms with Crippen molar-refractivity contribution < 1.29 is 73.8 Å². The van der Waals surface area contributed by atoms with Crippen LogP contribution in [0.2, 0.25) is 0 Å². The molecule has 11 unspecified atom stereocenters. The molecule has 0 amide bonds. The number of hydrogen-bond acceptors (Lipinski definition) is 15. The number of aliphatic hydroxyl groups is 7. The van der Waals surface area contributed by atoms with Crippen LogP contribution in [0, 0.1) is 0 Å². The van der Waals surface area contributed by atoms with Gasteiger partial charge in [0.25, 0.3) is 0 Å². The molecule has 0 aliphatic carbocycles. The highest BCUT2D eigenvalue weighted by Crippen LogP contribution is 2.27. The van der Waals surface area contributed by atoms with E-state index in [9.17, 15) is 45.3 Å². The summed E-state index contributed by atoms with van der Waals surface area (Å²) < 4.78 is 33.7. The van der Waals surface area contributed by atoms with Crippen LogP contribution < -0.4 is 0 Å². The molecule has 0 saturated carbocycles. The minimum Gasteiger partial charge on any atom is -0.462 e. The number of unbranched alkanes of at least 4 members (excludes halogenated alkanes) is 33. The van der Waals surface area contributed by atoms with E-state index in [1.54, 1.807) is 0 Å². The Morgan fingerprint density at radius 2 is 0.770 bits per heavy atom. The standard InChI is InChI=1S/C59H110O15/c1-3-5-7-9-11-13-15-17-19-21-22-23-24-25-26-28-29-31-33-35-37-39-41-50(61)69-44-47(72-51(62)42-40-38-36-34-32-30-27-20-18-16-14-12-10-8-6-4-2)45-70-58-57(68)55(66)53(64)49(74-58)46-71-59-56(67)54(65)52(63)48(43-60)73-59/h20,27,47-49,52-60,63-68H,3-19,21-26,28-46H2,1-2H3/b27-20-. The van der Waals surface area contributed by atoms with Gasteiger partial charge in [0.05, 0.1) is 19.8 Å². The van der Waals surface area contributed by atoms with Crippen LogP contribution in [0.4, 0.5) is 0 Å². The molecule has 436 valence electrons. The van der Waals surface area contributed by atoms with Gasteiger partial charge >= 0.3 is 11.9 Å². The van der Waals surface area contributed by atoms with Crippen LogP contribution in [0.15, 0.2) is 12.2 Å². The van der Waals surface area contributed by atoms with E-state index in [1.807, 2.05) is 0 Å². The Balaban J connectivity index is 1.72. The summed E-state index contributed by atoms with van der Waals surface area (Å²) in [7, 11) is 0. The van der Waals surface area contributed by atoms with E-state index >= 15 is 0 Å². The summed E-state index contributed by atoms with van der Waals surface area (Å²) in [5, 5.41) is 72.3. The van der Waals surface area contributed by atoms with Gasteiger partial charge in [-0.1, -0.05) is 219 Å². The largest absolute Gasteiger partial charge is 0.462 e. The van der Waals surface area contributed by atoms with E-state index in [-0.39, 0.29) is 26.1 Å². The van der Waals surface area contributed by atoms with Crippen LogP contribution in [-0.2, 0) is 38.0 Å². The van der Waals surface area contributed by atoms with E-state index in [4.69, 9.17) is 28.4 Å². The second kappa shape index (κ2) is 46.2. The Labute approximate surface area is 448 Å². The summed E-state index contributed by atoms with van der Waals surface area (Å²) in [4.78, 5) is 25.9. The average Bonchev–Trinajstić information content (AvgIpc) is 3.39. The molecule has 0 radical (unpaired) electrons. The van der Waals surface area contributed by atoms with E-state index in [0.717, 1.165) is 57.8 Å². The third-order valence-electron chi connectivity index (χ3n) is 14.7. The molecule has 15 nitrogen and oxygen atoms in total. The molecule has 2 aliphatic heterocycles. The van der Waals surface area contributed by atoms with Crippen molar-refractivity contribution in [1.29, 1.82) is 0 Å². The van der Waals surface area contributed by atoms with E-state index in [1.165, 1.54) is 161 Å². The fourth-order valence-electron chi connectivity index (χ4n) is 9.80. The molecule has 11 atom stereocenters. The van der Waals surface area contributed by atoms with Gasteiger partial charge in [0, 0.05) is 12.8 Å². The lowest BCUT2D eigenvalue weighted by atomic mass is 9.98. The number of aliphatic hydroxyl groups excluding tert-OH is 7. The van der Waals surface area contributed by atoms with Crippen molar-refractivity contribution in [3.8, 4) is 0 Å². The lowest BCUT2D eigenvalue weighted by Gasteiger charge is -2.42. The quantitative estimate of drug-likeness (QED) is 0.0171. The fourth-order valence-corrected chi connectivity index (χ4v) is 9.80. The molecule has 0 aromatic heterocycles. The molecular formula is C59H110O15. The number of carbonyl (C=O) groups is 2. The van der Waals surface area contributed by atoms with Gasteiger partial charge in [-0.15, -0.1) is 0 Å². The van der Waals surface area contributed by atoms with Gasteiger partial charge in [-0.2, -0.15) is 0 Å². The van der Waals surface area contributed by atoms with E-state index in [2.05, 4.69) is 26.0 Å². The number of rotatable bonds is 49. The molecule has 0 bridgehead atoms. The molecule has 74 heavy (non-hydrogen) atoms. The second-order valence-electron chi connectivity index (χ2n) is 21.5. The maximum absolute atomic E-state index is 13.1. The fraction of sp³-hybridized carbons (Fsp3) is 0.932. The van der Waals surface area contributed by atoms with Crippen molar-refractivity contribution in [3.05, 3.63) is 12.2 Å². The predicted octanol–water partition coefficient (Wildman–Crippen LogP) is 10.5. The highest BCUT2D eigenvalue weighted by Gasteiger charge is 2.47. The maximum Gasteiger partial charge on any atom is 0.306 e. The molecule has 0 aromatic rings. The van der Waals surface area contributed by atoms with Crippen molar-refractivity contribution >= 4 is 11.9 Å². The summed E-state index contributed by atoms with van der Waals surface area (Å²) in [6, 6.07) is 0. The first-order chi connectivity index (χ1) is 36.0. The predicted molar refractivity (Wildman–Crippen MR) is 289 cm³/mol. The summed E-state index contributed by atoms with van der Waals surface area (Å²) in [5.41, 5.74) is 0. The van der Waals surface area contributed by atoms with Crippen LogP contribution in [0.5, 0.6) is 0 Å². The third kappa shape index (κ3) is 32.9. The summed E-state index contributed by atoms with van der Waals surface area (Å²) in [5.74, 6) is -0.918. The zero-order chi connectivity index (χ0) is 53.9. The molecule has 2 saturated heterocycles. The van der Waals surface area contributed by atoms with Crippen LogP contribution >= 0.6 is 0 Å². The van der Waals surface area contributed by atoms with Crippen molar-refractivity contribution in [2.45, 2.75) is 325 Å². The Morgan fingerprint density at radius 1 is 0.419 bits per heavy atom. The highest BCUT2D eigenvalue weighted by molar-refractivity contribution is 5.70. The number of carbonyl (C=O) groups excluding carboxylic acids is 2. The first kappa shape index (κ1) is 68.3. The third-order valence-corrected chi connectivity index (χ3v) is 14.7. The molecule has 0 aromatic carbocycles. The van der Waals surface area contributed by atoms with Crippen molar-refractivity contribution in [2.75, 3.05) is 26.4 Å². The zero-order valence-corrected chi connectivity index (χ0v) is 46.6. The van der Waals surface area contributed by atoms with Crippen molar-refractivity contribution in [3.63, 3.8) is 0 Å². The van der Waals surface area contributed by atoms with Gasteiger partial charge < -0.3 is 64.2 Å². The first-order valence-electron chi connectivity index (χ1n) is 30.3. The van der Waals surface area contributed by atoms with Crippen molar-refractivity contribution in [1.82, 2.24) is 0 Å². The molecule has 2 rings (SSSR count). The van der Waals surface area contributed by atoms with Gasteiger partial charge in [0.1, 0.15) is 55.4 Å².